The van der Waals surface area contributed by atoms with Gasteiger partial charge in [-0.25, -0.2) is 0 Å². The molecule has 0 unspecified atom stereocenters. The quantitative estimate of drug-likeness (QED) is 0.908. The maximum absolute atomic E-state index is 3.42. The molecule has 2 aliphatic rings. The van der Waals surface area contributed by atoms with Crippen molar-refractivity contribution in [2.45, 2.75) is 32.7 Å². The van der Waals surface area contributed by atoms with E-state index in [0.717, 1.165) is 19.6 Å². The Morgan fingerprint density at radius 3 is 2.80 bits per heavy atom. The third-order valence-electron chi connectivity index (χ3n) is 4.47. The molecule has 0 aromatic heterocycles. The highest BCUT2D eigenvalue weighted by atomic mass is 15.2. The van der Waals surface area contributed by atoms with Gasteiger partial charge in [0.1, 0.15) is 0 Å². The molecule has 3 heteroatoms. The molecule has 2 aliphatic heterocycles. The molecule has 1 N–H and O–H groups in total. The summed E-state index contributed by atoms with van der Waals surface area (Å²) in [5.41, 5.74) is 4.54. The fourth-order valence-corrected chi connectivity index (χ4v) is 3.42. The van der Waals surface area contributed by atoms with Crippen LogP contribution in [0.5, 0.6) is 0 Å². The first-order valence-corrected chi connectivity index (χ1v) is 8.16. The Morgan fingerprint density at radius 2 is 2.00 bits per heavy atom. The molecule has 1 aromatic rings. The molecular weight excluding hydrogens is 246 g/mol. The lowest BCUT2D eigenvalue weighted by atomic mass is 9.99. The minimum atomic E-state index is 1.11. The second kappa shape index (κ2) is 6.59. The summed E-state index contributed by atoms with van der Waals surface area (Å²) in [6.07, 6.45) is 3.80. The van der Waals surface area contributed by atoms with Gasteiger partial charge >= 0.3 is 0 Å². The van der Waals surface area contributed by atoms with Crippen molar-refractivity contribution < 1.29 is 0 Å². The average molecular weight is 273 g/mol. The molecule has 0 atom stereocenters. The van der Waals surface area contributed by atoms with Gasteiger partial charge in [-0.15, -0.1) is 0 Å². The molecule has 3 nitrogen and oxygen atoms in total. The van der Waals surface area contributed by atoms with Crippen LogP contribution < -0.4 is 10.2 Å². The summed E-state index contributed by atoms with van der Waals surface area (Å²) in [6.45, 7) is 10.4. The topological polar surface area (TPSA) is 18.5 Å². The van der Waals surface area contributed by atoms with Crippen LogP contribution >= 0.6 is 0 Å². The summed E-state index contributed by atoms with van der Waals surface area (Å²) in [5.74, 6) is 0. The van der Waals surface area contributed by atoms with Crippen molar-refractivity contribution in [3.8, 4) is 0 Å². The van der Waals surface area contributed by atoms with Crippen LogP contribution in [0, 0.1) is 0 Å². The van der Waals surface area contributed by atoms with Crippen molar-refractivity contribution >= 4 is 5.69 Å². The maximum atomic E-state index is 3.42. The van der Waals surface area contributed by atoms with Gasteiger partial charge in [0.15, 0.2) is 0 Å². The average Bonchev–Trinajstić information content (AvgIpc) is 2.49. The van der Waals surface area contributed by atoms with Crippen molar-refractivity contribution in [3.63, 3.8) is 0 Å². The number of rotatable bonds is 4. The SMILES string of the molecule is CCCN1CCCc2ccc(CN3CCNCC3)cc21. The molecule has 0 saturated carbocycles. The third-order valence-corrected chi connectivity index (χ3v) is 4.47. The summed E-state index contributed by atoms with van der Waals surface area (Å²) in [6, 6.07) is 7.16. The van der Waals surface area contributed by atoms with Gasteiger partial charge in [-0.3, -0.25) is 4.90 Å². The first-order chi connectivity index (χ1) is 9.86. The van der Waals surface area contributed by atoms with E-state index in [0.29, 0.717) is 0 Å². The Kier molecular flexibility index (Phi) is 4.58. The lowest BCUT2D eigenvalue weighted by Crippen LogP contribution is -2.42. The second-order valence-electron chi connectivity index (χ2n) is 6.08. The van der Waals surface area contributed by atoms with E-state index in [-0.39, 0.29) is 0 Å². The minimum absolute atomic E-state index is 1.11. The highest BCUT2D eigenvalue weighted by molar-refractivity contribution is 5.57. The van der Waals surface area contributed by atoms with E-state index in [1.54, 1.807) is 5.56 Å². The zero-order chi connectivity index (χ0) is 13.8. The number of piperazine rings is 1. The number of aryl methyl sites for hydroxylation is 1. The predicted octanol–water partition coefficient (Wildman–Crippen LogP) is 2.25. The van der Waals surface area contributed by atoms with E-state index in [1.165, 1.54) is 56.7 Å². The van der Waals surface area contributed by atoms with E-state index in [1.807, 2.05) is 0 Å². The molecule has 110 valence electrons. The molecule has 1 fully saturated rings. The first-order valence-electron chi connectivity index (χ1n) is 8.16. The highest BCUT2D eigenvalue weighted by Gasteiger charge is 2.17. The molecule has 2 heterocycles. The molecular formula is C17H27N3. The fraction of sp³-hybridized carbons (Fsp3) is 0.647. The Morgan fingerprint density at radius 1 is 1.15 bits per heavy atom. The van der Waals surface area contributed by atoms with Gasteiger partial charge in [0.25, 0.3) is 0 Å². The molecule has 0 amide bonds. The van der Waals surface area contributed by atoms with Crippen LogP contribution in [0.15, 0.2) is 18.2 Å². The van der Waals surface area contributed by atoms with Crippen molar-refractivity contribution in [2.75, 3.05) is 44.2 Å². The Balaban J connectivity index is 1.74. The van der Waals surface area contributed by atoms with Gasteiger partial charge in [0, 0.05) is 51.5 Å². The Labute approximate surface area is 123 Å². The highest BCUT2D eigenvalue weighted by Crippen LogP contribution is 2.28. The number of benzene rings is 1. The summed E-state index contributed by atoms with van der Waals surface area (Å²) in [5, 5.41) is 3.42. The number of nitrogens with one attached hydrogen (secondary N) is 1. The number of anilines is 1. The normalized spacial score (nSPS) is 19.9. The predicted molar refractivity (Wildman–Crippen MR) is 85.4 cm³/mol. The van der Waals surface area contributed by atoms with Gasteiger partial charge in [-0.05, 0) is 36.5 Å². The van der Waals surface area contributed by atoms with Crippen molar-refractivity contribution in [1.82, 2.24) is 10.2 Å². The molecule has 20 heavy (non-hydrogen) atoms. The maximum Gasteiger partial charge on any atom is 0.0402 e. The Hall–Kier alpha value is -1.06. The number of nitrogens with zero attached hydrogens (tertiary/aromatic N) is 2. The van der Waals surface area contributed by atoms with Gasteiger partial charge in [-0.1, -0.05) is 19.1 Å². The molecule has 0 aliphatic carbocycles. The van der Waals surface area contributed by atoms with Crippen molar-refractivity contribution in [2.24, 2.45) is 0 Å². The molecule has 3 rings (SSSR count). The molecule has 1 saturated heterocycles. The van der Waals surface area contributed by atoms with E-state index in [9.17, 15) is 0 Å². The molecule has 0 spiro atoms. The van der Waals surface area contributed by atoms with Crippen molar-refractivity contribution in [1.29, 1.82) is 0 Å². The van der Waals surface area contributed by atoms with Crippen LogP contribution in [0.2, 0.25) is 0 Å². The van der Waals surface area contributed by atoms with Crippen LogP contribution in [0.1, 0.15) is 30.9 Å². The standard InChI is InChI=1S/C17H27N3/c1-2-9-20-10-3-4-16-6-5-15(13-17(16)20)14-19-11-7-18-8-12-19/h5-6,13,18H,2-4,7-12,14H2,1H3. The number of hydrogen-bond acceptors (Lipinski definition) is 3. The van der Waals surface area contributed by atoms with Crippen LogP contribution in [0.3, 0.4) is 0 Å². The summed E-state index contributed by atoms with van der Waals surface area (Å²) >= 11 is 0. The van der Waals surface area contributed by atoms with Crippen LogP contribution in [0.25, 0.3) is 0 Å². The molecule has 0 radical (unpaired) electrons. The summed E-state index contributed by atoms with van der Waals surface area (Å²) < 4.78 is 0. The summed E-state index contributed by atoms with van der Waals surface area (Å²) in [4.78, 5) is 5.14. The van der Waals surface area contributed by atoms with Gasteiger partial charge in [0.2, 0.25) is 0 Å². The largest absolute Gasteiger partial charge is 0.371 e. The zero-order valence-corrected chi connectivity index (χ0v) is 12.7. The van der Waals surface area contributed by atoms with Crippen LogP contribution in [-0.4, -0.2) is 44.2 Å². The summed E-state index contributed by atoms with van der Waals surface area (Å²) in [7, 11) is 0. The third kappa shape index (κ3) is 3.15. The van der Waals surface area contributed by atoms with E-state index >= 15 is 0 Å². The van der Waals surface area contributed by atoms with Crippen LogP contribution in [0.4, 0.5) is 5.69 Å². The zero-order valence-electron chi connectivity index (χ0n) is 12.7. The van der Waals surface area contributed by atoms with E-state index in [4.69, 9.17) is 0 Å². The van der Waals surface area contributed by atoms with Crippen LogP contribution in [-0.2, 0) is 13.0 Å². The Bertz CT molecular complexity index is 438. The van der Waals surface area contributed by atoms with E-state index < -0.39 is 0 Å². The lowest BCUT2D eigenvalue weighted by Gasteiger charge is -2.32. The fourth-order valence-electron chi connectivity index (χ4n) is 3.42. The second-order valence-corrected chi connectivity index (χ2v) is 6.08. The molecule has 0 bridgehead atoms. The van der Waals surface area contributed by atoms with Crippen molar-refractivity contribution in [3.05, 3.63) is 29.3 Å². The monoisotopic (exact) mass is 273 g/mol. The number of hydrogen-bond donors (Lipinski definition) is 1. The minimum Gasteiger partial charge on any atom is -0.371 e. The van der Waals surface area contributed by atoms with Gasteiger partial charge in [0.05, 0.1) is 0 Å². The number of fused-ring (bicyclic) bond motifs is 1. The van der Waals surface area contributed by atoms with E-state index in [2.05, 4.69) is 40.2 Å². The van der Waals surface area contributed by atoms with Gasteiger partial charge in [-0.2, -0.15) is 0 Å². The smallest absolute Gasteiger partial charge is 0.0402 e. The first kappa shape index (κ1) is 13.9. The molecule has 1 aromatic carbocycles. The lowest BCUT2D eigenvalue weighted by molar-refractivity contribution is 0.233. The van der Waals surface area contributed by atoms with Gasteiger partial charge < -0.3 is 10.2 Å².